The first-order chi connectivity index (χ1) is 13.4. The predicted octanol–water partition coefficient (Wildman–Crippen LogP) is 5.41. The molecule has 1 heterocycles. The van der Waals surface area contributed by atoms with Crippen molar-refractivity contribution in [1.29, 1.82) is 0 Å². The standard InChI is InChI=1S/C23H23ClN2O2/c1-15-5-9-19(10-6-15)21(27)11-7-18-8-12-22(28-4)20(13-18)14-26-17(3)23(24)16(2)25-26/h5-13H,14H2,1-4H3/b11-7+. The second-order valence-corrected chi connectivity index (χ2v) is 7.16. The number of aryl methyl sites for hydroxylation is 2. The Kier molecular flexibility index (Phi) is 6.00. The molecule has 0 aliphatic carbocycles. The van der Waals surface area contributed by atoms with Gasteiger partial charge in [-0.05, 0) is 44.5 Å². The van der Waals surface area contributed by atoms with E-state index in [0.717, 1.165) is 33.8 Å². The number of hydrogen-bond acceptors (Lipinski definition) is 3. The van der Waals surface area contributed by atoms with Crippen molar-refractivity contribution in [2.24, 2.45) is 0 Å². The quantitative estimate of drug-likeness (QED) is 0.414. The number of methoxy groups -OCH3 is 1. The molecule has 3 aromatic rings. The molecule has 144 valence electrons. The van der Waals surface area contributed by atoms with Crippen molar-refractivity contribution in [3.8, 4) is 5.75 Å². The Labute approximate surface area is 170 Å². The van der Waals surface area contributed by atoms with E-state index in [-0.39, 0.29) is 5.78 Å². The molecule has 1 aromatic heterocycles. The third-order valence-corrected chi connectivity index (χ3v) is 5.23. The Balaban J connectivity index is 1.84. The minimum Gasteiger partial charge on any atom is -0.496 e. The van der Waals surface area contributed by atoms with Crippen LogP contribution in [-0.4, -0.2) is 22.7 Å². The zero-order chi connectivity index (χ0) is 20.3. The highest BCUT2D eigenvalue weighted by Crippen LogP contribution is 2.25. The van der Waals surface area contributed by atoms with Crippen molar-refractivity contribution in [3.05, 3.63) is 87.2 Å². The van der Waals surface area contributed by atoms with E-state index in [1.807, 2.05) is 74.0 Å². The Morgan fingerprint density at radius 1 is 1.14 bits per heavy atom. The van der Waals surface area contributed by atoms with Crippen LogP contribution in [0.3, 0.4) is 0 Å². The van der Waals surface area contributed by atoms with Crippen molar-refractivity contribution in [2.75, 3.05) is 7.11 Å². The molecule has 2 aromatic carbocycles. The second-order valence-electron chi connectivity index (χ2n) is 6.78. The summed E-state index contributed by atoms with van der Waals surface area (Å²) in [6, 6.07) is 13.4. The van der Waals surface area contributed by atoms with E-state index in [2.05, 4.69) is 5.10 Å². The van der Waals surface area contributed by atoms with Gasteiger partial charge in [0.2, 0.25) is 0 Å². The van der Waals surface area contributed by atoms with Gasteiger partial charge in [0, 0.05) is 11.1 Å². The van der Waals surface area contributed by atoms with Gasteiger partial charge in [-0.3, -0.25) is 9.48 Å². The highest BCUT2D eigenvalue weighted by atomic mass is 35.5. The van der Waals surface area contributed by atoms with Crippen molar-refractivity contribution in [3.63, 3.8) is 0 Å². The first-order valence-corrected chi connectivity index (χ1v) is 9.42. The van der Waals surface area contributed by atoms with E-state index < -0.39 is 0 Å². The Hall–Kier alpha value is -2.85. The van der Waals surface area contributed by atoms with Crippen LogP contribution in [0.1, 0.15) is 38.4 Å². The van der Waals surface area contributed by atoms with Crippen LogP contribution in [0.15, 0.2) is 48.5 Å². The fourth-order valence-electron chi connectivity index (χ4n) is 3.00. The number of nitrogens with zero attached hydrogens (tertiary/aromatic N) is 2. The topological polar surface area (TPSA) is 44.1 Å². The Morgan fingerprint density at radius 2 is 1.86 bits per heavy atom. The number of allylic oxidation sites excluding steroid dienone is 1. The molecule has 0 N–H and O–H groups in total. The van der Waals surface area contributed by atoms with Gasteiger partial charge in [-0.1, -0.05) is 53.6 Å². The highest BCUT2D eigenvalue weighted by Gasteiger charge is 2.12. The maximum absolute atomic E-state index is 12.4. The predicted molar refractivity (Wildman–Crippen MR) is 113 cm³/mol. The molecule has 0 saturated carbocycles. The number of benzene rings is 2. The number of aromatic nitrogens is 2. The van der Waals surface area contributed by atoms with Crippen LogP contribution >= 0.6 is 11.6 Å². The molecule has 28 heavy (non-hydrogen) atoms. The minimum absolute atomic E-state index is 0.0253. The second kappa shape index (κ2) is 8.44. The van der Waals surface area contributed by atoms with Gasteiger partial charge in [0.15, 0.2) is 5.78 Å². The van der Waals surface area contributed by atoms with Gasteiger partial charge in [-0.2, -0.15) is 5.10 Å². The van der Waals surface area contributed by atoms with E-state index in [1.165, 1.54) is 0 Å². The molecule has 0 saturated heterocycles. The molecule has 5 heteroatoms. The zero-order valence-corrected chi connectivity index (χ0v) is 17.2. The number of carbonyl (C=O) groups is 1. The smallest absolute Gasteiger partial charge is 0.185 e. The number of carbonyl (C=O) groups excluding carboxylic acids is 1. The van der Waals surface area contributed by atoms with Crippen LogP contribution in [0.4, 0.5) is 0 Å². The summed E-state index contributed by atoms with van der Waals surface area (Å²) in [6.45, 7) is 6.37. The lowest BCUT2D eigenvalue weighted by Gasteiger charge is -2.11. The van der Waals surface area contributed by atoms with Crippen molar-refractivity contribution < 1.29 is 9.53 Å². The van der Waals surface area contributed by atoms with Crippen LogP contribution in [0.5, 0.6) is 5.75 Å². The van der Waals surface area contributed by atoms with Crippen molar-refractivity contribution >= 4 is 23.5 Å². The molecular weight excluding hydrogens is 372 g/mol. The van der Waals surface area contributed by atoms with E-state index in [0.29, 0.717) is 17.1 Å². The van der Waals surface area contributed by atoms with E-state index in [9.17, 15) is 4.79 Å². The molecule has 3 rings (SSSR count). The van der Waals surface area contributed by atoms with Crippen LogP contribution < -0.4 is 4.74 Å². The summed E-state index contributed by atoms with van der Waals surface area (Å²) in [5.74, 6) is 0.744. The fourth-order valence-corrected chi connectivity index (χ4v) is 3.14. The highest BCUT2D eigenvalue weighted by molar-refractivity contribution is 6.31. The van der Waals surface area contributed by atoms with E-state index in [4.69, 9.17) is 16.3 Å². The summed E-state index contributed by atoms with van der Waals surface area (Å²) in [6.07, 6.45) is 3.41. The molecular formula is C23H23ClN2O2. The number of ketones is 1. The molecule has 4 nitrogen and oxygen atoms in total. The largest absolute Gasteiger partial charge is 0.496 e. The molecule has 0 radical (unpaired) electrons. The van der Waals surface area contributed by atoms with Gasteiger partial charge >= 0.3 is 0 Å². The minimum atomic E-state index is -0.0253. The summed E-state index contributed by atoms with van der Waals surface area (Å²) < 4.78 is 7.35. The first-order valence-electron chi connectivity index (χ1n) is 9.04. The molecule has 0 atom stereocenters. The molecule has 0 amide bonds. The summed E-state index contributed by atoms with van der Waals surface area (Å²) in [4.78, 5) is 12.4. The number of ether oxygens (including phenoxy) is 1. The molecule has 0 unspecified atom stereocenters. The molecule has 0 bridgehead atoms. The number of halogens is 1. The number of hydrogen-bond donors (Lipinski definition) is 0. The van der Waals surface area contributed by atoms with E-state index >= 15 is 0 Å². The first kappa shape index (κ1) is 19.9. The third-order valence-electron chi connectivity index (χ3n) is 4.68. The maximum atomic E-state index is 12.4. The van der Waals surface area contributed by atoms with Crippen LogP contribution in [0.25, 0.3) is 6.08 Å². The fraction of sp³-hybridized carbons (Fsp3) is 0.217. The average Bonchev–Trinajstić information content (AvgIpc) is 2.93. The third kappa shape index (κ3) is 4.34. The van der Waals surface area contributed by atoms with Gasteiger partial charge in [-0.25, -0.2) is 0 Å². The van der Waals surface area contributed by atoms with Crippen molar-refractivity contribution in [1.82, 2.24) is 9.78 Å². The molecule has 0 spiro atoms. The van der Waals surface area contributed by atoms with Gasteiger partial charge in [0.05, 0.1) is 30.1 Å². The lowest BCUT2D eigenvalue weighted by atomic mass is 10.1. The molecule has 0 aliphatic heterocycles. The van der Waals surface area contributed by atoms with Crippen LogP contribution in [0, 0.1) is 20.8 Å². The summed E-state index contributed by atoms with van der Waals surface area (Å²) in [5, 5.41) is 5.17. The summed E-state index contributed by atoms with van der Waals surface area (Å²) in [5.41, 5.74) is 5.41. The Morgan fingerprint density at radius 3 is 2.46 bits per heavy atom. The summed E-state index contributed by atoms with van der Waals surface area (Å²) in [7, 11) is 1.64. The van der Waals surface area contributed by atoms with Gasteiger partial charge in [0.1, 0.15) is 5.75 Å². The zero-order valence-electron chi connectivity index (χ0n) is 16.5. The summed E-state index contributed by atoms with van der Waals surface area (Å²) >= 11 is 6.26. The lowest BCUT2D eigenvalue weighted by Crippen LogP contribution is -2.06. The SMILES string of the molecule is COc1ccc(/C=C/C(=O)c2ccc(C)cc2)cc1Cn1nc(C)c(Cl)c1C. The van der Waals surface area contributed by atoms with Crippen molar-refractivity contribution in [2.45, 2.75) is 27.3 Å². The van der Waals surface area contributed by atoms with Crippen LogP contribution in [0.2, 0.25) is 5.02 Å². The maximum Gasteiger partial charge on any atom is 0.185 e. The normalized spacial score (nSPS) is 11.2. The number of rotatable bonds is 6. The van der Waals surface area contributed by atoms with Gasteiger partial charge < -0.3 is 4.74 Å². The lowest BCUT2D eigenvalue weighted by molar-refractivity contribution is 0.104. The van der Waals surface area contributed by atoms with Gasteiger partial charge in [-0.15, -0.1) is 0 Å². The Bertz CT molecular complexity index is 1030. The van der Waals surface area contributed by atoms with E-state index in [1.54, 1.807) is 13.2 Å². The molecule has 0 fully saturated rings. The van der Waals surface area contributed by atoms with Gasteiger partial charge in [0.25, 0.3) is 0 Å². The monoisotopic (exact) mass is 394 g/mol. The van der Waals surface area contributed by atoms with Crippen LogP contribution in [-0.2, 0) is 6.54 Å². The molecule has 0 aliphatic rings. The average molecular weight is 395 g/mol.